The Kier molecular flexibility index (Phi) is 2.62. The van der Waals surface area contributed by atoms with Crippen molar-refractivity contribution in [2.75, 3.05) is 5.32 Å². The van der Waals surface area contributed by atoms with Gasteiger partial charge in [0.1, 0.15) is 0 Å². The second-order valence-corrected chi connectivity index (χ2v) is 5.24. The molecule has 0 radical (unpaired) electrons. The van der Waals surface area contributed by atoms with Gasteiger partial charge in [-0.05, 0) is 38.3 Å². The molecule has 0 bridgehead atoms. The van der Waals surface area contributed by atoms with E-state index in [0.717, 1.165) is 24.6 Å². The summed E-state index contributed by atoms with van der Waals surface area (Å²) >= 11 is 0. The molecule has 0 spiro atoms. The fraction of sp³-hybridized carbons (Fsp3) is 0.400. The molecule has 1 aliphatic rings. The Morgan fingerprint density at radius 1 is 1.28 bits per heavy atom. The van der Waals surface area contributed by atoms with Gasteiger partial charge in [0.25, 0.3) is 0 Å². The van der Waals surface area contributed by atoms with E-state index in [9.17, 15) is 0 Å². The van der Waals surface area contributed by atoms with Crippen molar-refractivity contribution in [1.29, 1.82) is 0 Å². The maximum Gasteiger partial charge on any atom is 0.203 e. The number of benzene rings is 1. The first-order chi connectivity index (χ1) is 8.63. The lowest BCUT2D eigenvalue weighted by atomic mass is 9.96. The molecular formula is C15H19N3. The summed E-state index contributed by atoms with van der Waals surface area (Å²) in [6.07, 6.45) is 3.23. The lowest BCUT2D eigenvalue weighted by Gasteiger charge is -2.27. The van der Waals surface area contributed by atoms with E-state index in [0.29, 0.717) is 6.04 Å². The van der Waals surface area contributed by atoms with Crippen LogP contribution in [0.4, 0.5) is 5.95 Å². The van der Waals surface area contributed by atoms with Crippen molar-refractivity contribution in [2.45, 2.75) is 39.8 Å². The van der Waals surface area contributed by atoms with Crippen molar-refractivity contribution in [3.63, 3.8) is 0 Å². The summed E-state index contributed by atoms with van der Waals surface area (Å²) in [7, 11) is 0. The SMILES string of the molecule is Cc1ccc(C)c(C2CCn3cc(C)nc3N2)c1. The second kappa shape index (κ2) is 4.16. The predicted octanol–water partition coefficient (Wildman–Crippen LogP) is 3.37. The van der Waals surface area contributed by atoms with E-state index in [4.69, 9.17) is 0 Å². The Balaban J connectivity index is 1.93. The first-order valence-corrected chi connectivity index (χ1v) is 6.51. The summed E-state index contributed by atoms with van der Waals surface area (Å²) < 4.78 is 2.21. The van der Waals surface area contributed by atoms with Crippen LogP contribution >= 0.6 is 0 Å². The van der Waals surface area contributed by atoms with Gasteiger partial charge in [0, 0.05) is 12.7 Å². The molecular weight excluding hydrogens is 222 g/mol. The first-order valence-electron chi connectivity index (χ1n) is 6.51. The van der Waals surface area contributed by atoms with Crippen LogP contribution < -0.4 is 5.32 Å². The number of imidazole rings is 1. The minimum Gasteiger partial charge on any atom is -0.349 e. The lowest BCUT2D eigenvalue weighted by molar-refractivity contribution is 0.541. The van der Waals surface area contributed by atoms with Gasteiger partial charge in [-0.1, -0.05) is 23.8 Å². The molecule has 2 heterocycles. The highest BCUT2D eigenvalue weighted by Gasteiger charge is 2.21. The highest BCUT2D eigenvalue weighted by atomic mass is 15.2. The topological polar surface area (TPSA) is 29.9 Å². The highest BCUT2D eigenvalue weighted by molar-refractivity contribution is 5.41. The molecule has 0 saturated heterocycles. The first kappa shape index (κ1) is 11.3. The second-order valence-electron chi connectivity index (χ2n) is 5.24. The average molecular weight is 241 g/mol. The number of hydrogen-bond acceptors (Lipinski definition) is 2. The summed E-state index contributed by atoms with van der Waals surface area (Å²) in [5.74, 6) is 1.00. The van der Waals surface area contributed by atoms with Gasteiger partial charge in [0.05, 0.1) is 11.7 Å². The quantitative estimate of drug-likeness (QED) is 0.829. The van der Waals surface area contributed by atoms with Gasteiger partial charge in [-0.3, -0.25) is 0 Å². The number of nitrogens with zero attached hydrogens (tertiary/aromatic N) is 2. The monoisotopic (exact) mass is 241 g/mol. The van der Waals surface area contributed by atoms with Crippen molar-refractivity contribution < 1.29 is 0 Å². The van der Waals surface area contributed by atoms with Gasteiger partial charge in [-0.2, -0.15) is 0 Å². The van der Waals surface area contributed by atoms with Crippen molar-refractivity contribution in [3.05, 3.63) is 46.8 Å². The van der Waals surface area contributed by atoms with Gasteiger partial charge < -0.3 is 9.88 Å². The minimum atomic E-state index is 0.388. The molecule has 0 fully saturated rings. The third kappa shape index (κ3) is 1.90. The smallest absolute Gasteiger partial charge is 0.203 e. The minimum absolute atomic E-state index is 0.388. The lowest BCUT2D eigenvalue weighted by Crippen LogP contribution is -2.22. The van der Waals surface area contributed by atoms with E-state index in [2.05, 4.69) is 53.1 Å². The number of nitrogens with one attached hydrogen (secondary N) is 1. The van der Waals surface area contributed by atoms with Crippen LogP contribution in [0.25, 0.3) is 0 Å². The Morgan fingerprint density at radius 2 is 2.11 bits per heavy atom. The van der Waals surface area contributed by atoms with Crippen LogP contribution in [0.15, 0.2) is 24.4 Å². The molecule has 2 aromatic rings. The van der Waals surface area contributed by atoms with Crippen molar-refractivity contribution in [1.82, 2.24) is 9.55 Å². The Hall–Kier alpha value is -1.77. The molecule has 1 unspecified atom stereocenters. The van der Waals surface area contributed by atoms with Crippen LogP contribution in [-0.2, 0) is 6.54 Å². The Bertz CT molecular complexity index is 583. The van der Waals surface area contributed by atoms with Crippen molar-refractivity contribution in [2.24, 2.45) is 0 Å². The standard InChI is InChI=1S/C15H19N3/c1-10-4-5-11(2)13(8-10)14-6-7-18-9-12(3)16-15(18)17-14/h4-5,8-9,14H,6-7H2,1-3H3,(H,16,17). The molecule has 3 rings (SSSR count). The largest absolute Gasteiger partial charge is 0.349 e. The number of hydrogen-bond donors (Lipinski definition) is 1. The van der Waals surface area contributed by atoms with Crippen LogP contribution in [0.1, 0.15) is 34.8 Å². The van der Waals surface area contributed by atoms with E-state index in [1.54, 1.807) is 0 Å². The molecule has 1 aromatic carbocycles. The van der Waals surface area contributed by atoms with Crippen LogP contribution in [0.3, 0.4) is 0 Å². The zero-order chi connectivity index (χ0) is 12.7. The summed E-state index contributed by atoms with van der Waals surface area (Å²) in [4.78, 5) is 4.53. The fourth-order valence-corrected chi connectivity index (χ4v) is 2.70. The maximum atomic E-state index is 4.53. The molecule has 0 saturated carbocycles. The van der Waals surface area contributed by atoms with Crippen LogP contribution in [0.5, 0.6) is 0 Å². The van der Waals surface area contributed by atoms with Gasteiger partial charge in [0.15, 0.2) is 0 Å². The Morgan fingerprint density at radius 3 is 2.94 bits per heavy atom. The van der Waals surface area contributed by atoms with E-state index >= 15 is 0 Å². The number of anilines is 1. The summed E-state index contributed by atoms with van der Waals surface area (Å²) in [6, 6.07) is 7.06. The van der Waals surface area contributed by atoms with Crippen molar-refractivity contribution >= 4 is 5.95 Å². The van der Waals surface area contributed by atoms with E-state index in [-0.39, 0.29) is 0 Å². The molecule has 3 heteroatoms. The molecule has 0 aliphatic carbocycles. The number of rotatable bonds is 1. The Labute approximate surface area is 108 Å². The number of fused-ring (bicyclic) bond motifs is 1. The molecule has 18 heavy (non-hydrogen) atoms. The normalized spacial score (nSPS) is 18.3. The highest BCUT2D eigenvalue weighted by Crippen LogP contribution is 2.30. The average Bonchev–Trinajstić information content (AvgIpc) is 2.71. The van der Waals surface area contributed by atoms with Gasteiger partial charge in [0.2, 0.25) is 5.95 Å². The number of aryl methyl sites for hydroxylation is 4. The van der Waals surface area contributed by atoms with Crippen LogP contribution in [-0.4, -0.2) is 9.55 Å². The summed E-state index contributed by atoms with van der Waals surface area (Å²) in [5.41, 5.74) is 5.17. The summed E-state index contributed by atoms with van der Waals surface area (Å²) in [5, 5.41) is 3.55. The molecule has 1 aliphatic heterocycles. The maximum absolute atomic E-state index is 4.53. The van der Waals surface area contributed by atoms with Crippen LogP contribution in [0, 0.1) is 20.8 Å². The molecule has 1 aromatic heterocycles. The molecule has 1 N–H and O–H groups in total. The summed E-state index contributed by atoms with van der Waals surface area (Å²) in [6.45, 7) is 7.42. The van der Waals surface area contributed by atoms with Crippen molar-refractivity contribution in [3.8, 4) is 0 Å². The van der Waals surface area contributed by atoms with Gasteiger partial charge in [-0.25, -0.2) is 4.98 Å². The molecule has 94 valence electrons. The van der Waals surface area contributed by atoms with E-state index < -0.39 is 0 Å². The number of aromatic nitrogens is 2. The third-order valence-corrected chi connectivity index (χ3v) is 3.67. The van der Waals surface area contributed by atoms with E-state index in [1.807, 2.05) is 6.92 Å². The van der Waals surface area contributed by atoms with Crippen LogP contribution in [0.2, 0.25) is 0 Å². The van der Waals surface area contributed by atoms with Gasteiger partial charge in [-0.15, -0.1) is 0 Å². The fourth-order valence-electron chi connectivity index (χ4n) is 2.70. The molecule has 0 amide bonds. The van der Waals surface area contributed by atoms with Gasteiger partial charge >= 0.3 is 0 Å². The molecule has 3 nitrogen and oxygen atoms in total. The molecule has 1 atom stereocenters. The third-order valence-electron chi connectivity index (χ3n) is 3.67. The zero-order valence-electron chi connectivity index (χ0n) is 11.2. The van der Waals surface area contributed by atoms with E-state index in [1.165, 1.54) is 16.7 Å². The predicted molar refractivity (Wildman–Crippen MR) is 73.9 cm³/mol. The zero-order valence-corrected chi connectivity index (χ0v) is 11.2.